The molecule has 2 rings (SSSR count). The molecule has 0 amide bonds. The summed E-state index contributed by atoms with van der Waals surface area (Å²) in [7, 11) is 0. The van der Waals surface area contributed by atoms with Crippen molar-refractivity contribution in [3.63, 3.8) is 0 Å². The molecule has 6 nitrogen and oxygen atoms in total. The van der Waals surface area contributed by atoms with E-state index in [9.17, 15) is 10.1 Å². The Labute approximate surface area is 140 Å². The lowest BCUT2D eigenvalue weighted by atomic mass is 10.1. The maximum atomic E-state index is 11.1. The average molecular weight is 325 g/mol. The van der Waals surface area contributed by atoms with Crippen LogP contribution < -0.4 is 10.1 Å². The minimum atomic E-state index is -0.481. The zero-order valence-corrected chi connectivity index (χ0v) is 13.7. The van der Waals surface area contributed by atoms with Crippen molar-refractivity contribution in [3.8, 4) is 11.8 Å². The van der Waals surface area contributed by atoms with E-state index in [1.165, 1.54) is 6.07 Å². The Morgan fingerprint density at radius 2 is 2.08 bits per heavy atom. The highest BCUT2D eigenvalue weighted by molar-refractivity contribution is 5.66. The van der Waals surface area contributed by atoms with Gasteiger partial charge in [0.25, 0.3) is 5.69 Å². The summed E-state index contributed by atoms with van der Waals surface area (Å²) in [5.74, 6) is 0.613. The van der Waals surface area contributed by atoms with Crippen LogP contribution in [0, 0.1) is 28.4 Å². The van der Waals surface area contributed by atoms with Gasteiger partial charge in [0.1, 0.15) is 17.5 Å². The molecule has 0 fully saturated rings. The zero-order valence-electron chi connectivity index (χ0n) is 13.7. The van der Waals surface area contributed by atoms with Gasteiger partial charge in [0.15, 0.2) is 6.10 Å². The predicted octanol–water partition coefficient (Wildman–Crippen LogP) is 4.20. The molecule has 24 heavy (non-hydrogen) atoms. The Balaban J connectivity index is 2.14. The molecule has 1 atom stereocenters. The number of nitriles is 1. The fourth-order valence-corrected chi connectivity index (χ4v) is 2.32. The van der Waals surface area contributed by atoms with Crippen molar-refractivity contribution in [2.45, 2.75) is 32.9 Å². The first-order valence-corrected chi connectivity index (χ1v) is 7.68. The number of aryl methyl sites for hydroxylation is 1. The average Bonchev–Trinajstić information content (AvgIpc) is 2.58. The standard InChI is InChI=1S/C18H19N3O3/c1-3-15(11-19)24-16-8-5-7-14(10-16)12-20-18-13(2)6-4-9-17(18)21(22)23/h4-10,15,20H,3,12H2,1-2H3. The van der Waals surface area contributed by atoms with Gasteiger partial charge in [-0.25, -0.2) is 0 Å². The summed E-state index contributed by atoms with van der Waals surface area (Å²) in [6, 6.07) is 14.4. The van der Waals surface area contributed by atoms with Gasteiger partial charge in [-0.2, -0.15) is 5.26 Å². The molecule has 0 heterocycles. The second-order valence-corrected chi connectivity index (χ2v) is 5.37. The van der Waals surface area contributed by atoms with Crippen LogP contribution in [0.2, 0.25) is 0 Å². The molecule has 0 saturated heterocycles. The van der Waals surface area contributed by atoms with Gasteiger partial charge in [-0.15, -0.1) is 0 Å². The summed E-state index contributed by atoms with van der Waals surface area (Å²) >= 11 is 0. The topological polar surface area (TPSA) is 88.2 Å². The Hall–Kier alpha value is -3.07. The monoisotopic (exact) mass is 325 g/mol. The van der Waals surface area contributed by atoms with Crippen molar-refractivity contribution < 1.29 is 9.66 Å². The quantitative estimate of drug-likeness (QED) is 0.609. The zero-order chi connectivity index (χ0) is 17.5. The van der Waals surface area contributed by atoms with E-state index in [4.69, 9.17) is 10.00 Å². The summed E-state index contributed by atoms with van der Waals surface area (Å²) in [5, 5.41) is 23.2. The number of para-hydroxylation sites is 1. The smallest absolute Gasteiger partial charge is 0.292 e. The lowest BCUT2D eigenvalue weighted by Gasteiger charge is -2.13. The third-order valence-corrected chi connectivity index (χ3v) is 3.61. The third kappa shape index (κ3) is 4.23. The van der Waals surface area contributed by atoms with Crippen LogP contribution in [0.1, 0.15) is 24.5 Å². The van der Waals surface area contributed by atoms with Gasteiger partial charge >= 0.3 is 0 Å². The third-order valence-electron chi connectivity index (χ3n) is 3.61. The molecule has 2 aromatic carbocycles. The predicted molar refractivity (Wildman–Crippen MR) is 91.9 cm³/mol. The van der Waals surface area contributed by atoms with Crippen molar-refractivity contribution in [1.29, 1.82) is 5.26 Å². The number of anilines is 1. The molecular formula is C18H19N3O3. The van der Waals surface area contributed by atoms with Crippen LogP contribution in [0.4, 0.5) is 11.4 Å². The number of hydrogen-bond acceptors (Lipinski definition) is 5. The van der Waals surface area contributed by atoms with Crippen molar-refractivity contribution in [2.24, 2.45) is 0 Å². The maximum absolute atomic E-state index is 11.1. The Morgan fingerprint density at radius 1 is 1.33 bits per heavy atom. The van der Waals surface area contributed by atoms with Gasteiger partial charge in [0.2, 0.25) is 0 Å². The fraction of sp³-hybridized carbons (Fsp3) is 0.278. The van der Waals surface area contributed by atoms with Crippen molar-refractivity contribution in [2.75, 3.05) is 5.32 Å². The molecule has 0 spiro atoms. The molecule has 0 aliphatic rings. The van der Waals surface area contributed by atoms with E-state index in [0.29, 0.717) is 24.4 Å². The largest absolute Gasteiger partial charge is 0.476 e. The first-order valence-electron chi connectivity index (χ1n) is 7.68. The fourth-order valence-electron chi connectivity index (χ4n) is 2.32. The van der Waals surface area contributed by atoms with Gasteiger partial charge in [-0.1, -0.05) is 31.2 Å². The van der Waals surface area contributed by atoms with Crippen molar-refractivity contribution in [1.82, 2.24) is 0 Å². The van der Waals surface area contributed by atoms with Crippen LogP contribution in [0.15, 0.2) is 42.5 Å². The van der Waals surface area contributed by atoms with Crippen LogP contribution in [0.3, 0.4) is 0 Å². The number of hydrogen-bond donors (Lipinski definition) is 1. The molecule has 0 radical (unpaired) electrons. The van der Waals surface area contributed by atoms with Gasteiger partial charge in [0, 0.05) is 12.6 Å². The first kappa shape index (κ1) is 17.3. The molecule has 0 aromatic heterocycles. The Kier molecular flexibility index (Phi) is 5.74. The minimum Gasteiger partial charge on any atom is -0.476 e. The van der Waals surface area contributed by atoms with E-state index in [-0.39, 0.29) is 5.69 Å². The van der Waals surface area contributed by atoms with E-state index >= 15 is 0 Å². The van der Waals surface area contributed by atoms with Gasteiger partial charge < -0.3 is 10.1 Å². The molecule has 2 aromatic rings. The number of nitrogens with zero attached hydrogens (tertiary/aromatic N) is 2. The molecule has 1 unspecified atom stereocenters. The van der Waals surface area contributed by atoms with Crippen LogP contribution in [0.25, 0.3) is 0 Å². The van der Waals surface area contributed by atoms with E-state index in [0.717, 1.165) is 11.1 Å². The lowest BCUT2D eigenvalue weighted by molar-refractivity contribution is -0.384. The molecule has 0 aliphatic carbocycles. The second kappa shape index (κ2) is 7.97. The van der Waals surface area contributed by atoms with Gasteiger partial charge in [-0.05, 0) is 36.6 Å². The number of ether oxygens (including phenoxy) is 1. The van der Waals surface area contributed by atoms with E-state index < -0.39 is 11.0 Å². The van der Waals surface area contributed by atoms with Crippen molar-refractivity contribution in [3.05, 3.63) is 63.7 Å². The van der Waals surface area contributed by atoms with Crippen molar-refractivity contribution >= 4 is 11.4 Å². The highest BCUT2D eigenvalue weighted by Crippen LogP contribution is 2.28. The highest BCUT2D eigenvalue weighted by Gasteiger charge is 2.15. The summed E-state index contributed by atoms with van der Waals surface area (Å²) in [6.07, 6.45) is 0.125. The normalized spacial score (nSPS) is 11.4. The Morgan fingerprint density at radius 3 is 2.75 bits per heavy atom. The SMILES string of the molecule is CCC(C#N)Oc1cccc(CNc2c(C)cccc2[N+](=O)[O-])c1. The lowest BCUT2D eigenvalue weighted by Crippen LogP contribution is -2.12. The summed E-state index contributed by atoms with van der Waals surface area (Å²) in [4.78, 5) is 10.7. The molecule has 0 bridgehead atoms. The number of nitro groups is 1. The van der Waals surface area contributed by atoms with Crippen LogP contribution in [0.5, 0.6) is 5.75 Å². The van der Waals surface area contributed by atoms with E-state index in [1.807, 2.05) is 38.1 Å². The summed E-state index contributed by atoms with van der Waals surface area (Å²) in [5.41, 5.74) is 2.29. The number of nitrogens with one attached hydrogen (secondary N) is 1. The maximum Gasteiger partial charge on any atom is 0.292 e. The molecular weight excluding hydrogens is 306 g/mol. The number of benzene rings is 2. The van der Waals surface area contributed by atoms with Gasteiger partial charge in [0.05, 0.1) is 4.92 Å². The van der Waals surface area contributed by atoms with Crippen LogP contribution in [-0.2, 0) is 6.54 Å². The summed E-state index contributed by atoms with van der Waals surface area (Å²) in [6.45, 7) is 4.14. The van der Waals surface area contributed by atoms with Crippen LogP contribution in [-0.4, -0.2) is 11.0 Å². The highest BCUT2D eigenvalue weighted by atomic mass is 16.6. The number of nitro benzene ring substituents is 1. The number of rotatable bonds is 7. The molecule has 0 aliphatic heterocycles. The van der Waals surface area contributed by atoms with Crippen LogP contribution >= 0.6 is 0 Å². The molecule has 1 N–H and O–H groups in total. The molecule has 6 heteroatoms. The first-order chi connectivity index (χ1) is 11.5. The second-order valence-electron chi connectivity index (χ2n) is 5.37. The Bertz CT molecular complexity index is 768. The van der Waals surface area contributed by atoms with E-state index in [1.54, 1.807) is 12.1 Å². The molecule has 124 valence electrons. The minimum absolute atomic E-state index is 0.0536. The molecule has 0 saturated carbocycles. The summed E-state index contributed by atoms with van der Waals surface area (Å²) < 4.78 is 5.59. The van der Waals surface area contributed by atoms with Gasteiger partial charge in [-0.3, -0.25) is 10.1 Å². The van der Waals surface area contributed by atoms with E-state index in [2.05, 4.69) is 11.4 Å².